The number of rotatable bonds is 13. The van der Waals surface area contributed by atoms with Crippen molar-refractivity contribution >= 4 is 52.5 Å². The van der Waals surface area contributed by atoms with E-state index >= 15 is 0 Å². The summed E-state index contributed by atoms with van der Waals surface area (Å²) in [7, 11) is 18.2. The average molecular weight is 1040 g/mol. The molecule has 4 unspecified atom stereocenters. The van der Waals surface area contributed by atoms with Gasteiger partial charge in [-0.2, -0.15) is 0 Å². The summed E-state index contributed by atoms with van der Waals surface area (Å²) in [5.74, 6) is 1.70. The van der Waals surface area contributed by atoms with Crippen LogP contribution in [-0.4, -0.2) is 9.52 Å². The Morgan fingerprint density at radius 1 is 0.484 bits per heavy atom. The first-order chi connectivity index (χ1) is 29.8. The maximum absolute atomic E-state index is 9.53. The van der Waals surface area contributed by atoms with Gasteiger partial charge >= 0.3 is 386 Å². The molecular weight excluding hydrogens is 974 g/mol. The van der Waals surface area contributed by atoms with Gasteiger partial charge in [0.15, 0.2) is 0 Å². The molecule has 0 nitrogen and oxygen atoms in total. The Bertz CT molecular complexity index is 2620. The molecule has 0 N–H and O–H groups in total. The molecule has 62 heavy (non-hydrogen) atoms. The van der Waals surface area contributed by atoms with E-state index in [1.54, 1.807) is 0 Å². The molecule has 0 saturated heterocycles. The van der Waals surface area contributed by atoms with Crippen molar-refractivity contribution in [3.8, 4) is 33.4 Å². The standard InChI is InChI=1S/2C23H27.C12H9Si.2ClH.Hf/c2*1-5-17(4)20-14-19-10-8-12-22(23(19)15-20)21-11-7-6-9-18(21)13-16(2)3;1-3-7-11-9(5-1)10-6-2-4-8-12(10)13-11;;;/h2*6-12,14-17H,5,13H2,1-4H3;1-7H,13H2;2*1H;/q;;;;;+2/p-2. The number of hydrogen-bond donors (Lipinski definition) is 0. The minimum atomic E-state index is -5.91. The number of fused-ring (bicyclic) bond motifs is 5. The van der Waals surface area contributed by atoms with Gasteiger partial charge in [0.2, 0.25) is 0 Å². The van der Waals surface area contributed by atoms with Gasteiger partial charge in [-0.3, -0.25) is 0 Å². The van der Waals surface area contributed by atoms with Crippen LogP contribution in [0.3, 0.4) is 0 Å². The van der Waals surface area contributed by atoms with E-state index < -0.39 is 25.7 Å². The van der Waals surface area contributed by atoms with E-state index in [4.69, 9.17) is 0 Å². The predicted octanol–water partition coefficient (Wildman–Crippen LogP) is 14.5. The van der Waals surface area contributed by atoms with Crippen molar-refractivity contribution in [2.75, 3.05) is 0 Å². The van der Waals surface area contributed by atoms with Gasteiger partial charge < -0.3 is 0 Å². The van der Waals surface area contributed by atoms with Crippen LogP contribution in [0.5, 0.6) is 0 Å². The molecule has 3 aliphatic rings. The van der Waals surface area contributed by atoms with Gasteiger partial charge in [-0.15, -0.1) is 0 Å². The summed E-state index contributed by atoms with van der Waals surface area (Å²) in [5, 5.41) is 2.99. The third-order valence-electron chi connectivity index (χ3n) is 14.8. The normalized spacial score (nSPS) is 18.5. The first kappa shape index (κ1) is 43.7. The molecule has 0 spiro atoms. The first-order valence-corrected chi connectivity index (χ1v) is 39.7. The van der Waals surface area contributed by atoms with Gasteiger partial charge in [0.05, 0.1) is 0 Å². The van der Waals surface area contributed by atoms with Crippen molar-refractivity contribution in [2.24, 2.45) is 23.7 Å². The van der Waals surface area contributed by atoms with Crippen molar-refractivity contribution in [1.29, 1.82) is 0 Å². The van der Waals surface area contributed by atoms with E-state index in [1.165, 1.54) is 91.6 Å². The molecule has 2 aliphatic carbocycles. The van der Waals surface area contributed by atoms with Gasteiger partial charge in [0, 0.05) is 0 Å². The van der Waals surface area contributed by atoms with Crippen molar-refractivity contribution in [3.05, 3.63) is 172 Å². The summed E-state index contributed by atoms with van der Waals surface area (Å²) in [6.45, 7) is 18.9. The van der Waals surface area contributed by atoms with Crippen LogP contribution >= 0.6 is 17.2 Å². The van der Waals surface area contributed by atoms with Crippen molar-refractivity contribution in [1.82, 2.24) is 0 Å². The van der Waals surface area contributed by atoms with Crippen LogP contribution in [0.25, 0.3) is 45.5 Å². The number of benzene rings is 6. The molecule has 0 amide bonds. The summed E-state index contributed by atoms with van der Waals surface area (Å²) >= 11 is -5.91. The van der Waals surface area contributed by atoms with Crippen LogP contribution < -0.4 is 13.7 Å². The Labute approximate surface area is 383 Å². The number of hydrogen-bond acceptors (Lipinski definition) is 0. The Hall–Kier alpha value is -3.53. The average Bonchev–Trinajstić information content (AvgIpc) is 3.99. The van der Waals surface area contributed by atoms with Gasteiger partial charge in [-0.25, -0.2) is 0 Å². The van der Waals surface area contributed by atoms with Crippen LogP contribution in [0, 0.1) is 23.7 Å². The molecule has 0 bridgehead atoms. The number of halogens is 2. The predicted molar refractivity (Wildman–Crippen MR) is 272 cm³/mol. The van der Waals surface area contributed by atoms with Crippen molar-refractivity contribution in [2.45, 2.75) is 88.4 Å². The van der Waals surface area contributed by atoms with E-state index in [9.17, 15) is 17.2 Å². The van der Waals surface area contributed by atoms with Crippen LogP contribution in [-0.2, 0) is 29.0 Å². The fraction of sp³-hybridized carbons (Fsp3) is 0.310. The van der Waals surface area contributed by atoms with Crippen LogP contribution in [0.1, 0.15) is 109 Å². The molecule has 317 valence electrons. The van der Waals surface area contributed by atoms with Crippen LogP contribution in [0.2, 0.25) is 0 Å². The third-order valence-corrected chi connectivity index (χ3v) is 46.3. The van der Waals surface area contributed by atoms with E-state index in [2.05, 4.69) is 195 Å². The summed E-state index contributed by atoms with van der Waals surface area (Å²) in [5.41, 5.74) is 19.0. The Morgan fingerprint density at radius 3 is 1.39 bits per heavy atom. The quantitative estimate of drug-likeness (QED) is 0.101. The second-order valence-corrected chi connectivity index (χ2v) is 50.8. The fourth-order valence-electron chi connectivity index (χ4n) is 11.7. The summed E-state index contributed by atoms with van der Waals surface area (Å²) in [4.78, 5) is 0. The number of allylic oxidation sites excluding steroid dienone is 2. The zero-order valence-electron chi connectivity index (χ0n) is 38.0. The molecule has 0 saturated carbocycles. The maximum atomic E-state index is 9.53. The van der Waals surface area contributed by atoms with Crippen LogP contribution in [0.15, 0.2) is 139 Å². The molecule has 0 radical (unpaired) electrons. The fourth-order valence-corrected chi connectivity index (χ4v) is 50.8. The van der Waals surface area contributed by atoms with Gasteiger partial charge in [0.1, 0.15) is 0 Å². The first-order valence-electron chi connectivity index (χ1n) is 23.5. The SMILES string of the molecule is CCC(C)C1=Cc2c(-c3ccccc3CC(C)C)cccc2[CH]1[Hf]([Cl])([Cl])([c]1cccc2c1[SiH2]c1ccccc1-2)[CH]1C(C(C)CC)=Cc2c(-c3ccccc3CC(C)C)cccc21. The molecule has 1 aliphatic heterocycles. The molecule has 6 aromatic rings. The monoisotopic (exact) mass is 1040 g/mol. The van der Waals surface area contributed by atoms with Gasteiger partial charge in [-0.1, -0.05) is 0 Å². The summed E-state index contributed by atoms with van der Waals surface area (Å²) < 4.78 is 1.13. The second-order valence-electron chi connectivity index (χ2n) is 19.7. The third kappa shape index (κ3) is 7.19. The zero-order valence-corrected chi connectivity index (χ0v) is 44.6. The molecule has 0 fully saturated rings. The Morgan fingerprint density at radius 2 is 0.903 bits per heavy atom. The molecule has 0 aromatic heterocycles. The minimum absolute atomic E-state index is 0.0954. The van der Waals surface area contributed by atoms with Gasteiger partial charge in [0.25, 0.3) is 0 Å². The summed E-state index contributed by atoms with van der Waals surface area (Å²) in [6.07, 6.45) is 9.27. The zero-order chi connectivity index (χ0) is 43.5. The Balaban J connectivity index is 1.38. The molecule has 6 aromatic carbocycles. The topological polar surface area (TPSA) is 0 Å². The second kappa shape index (κ2) is 17.1. The van der Waals surface area contributed by atoms with Gasteiger partial charge in [-0.05, 0) is 0 Å². The Kier molecular flexibility index (Phi) is 12.1. The van der Waals surface area contributed by atoms with Crippen LogP contribution in [0.4, 0.5) is 0 Å². The molecule has 4 atom stereocenters. The van der Waals surface area contributed by atoms with E-state index in [1.807, 2.05) is 0 Å². The van der Waals surface area contributed by atoms with Crippen molar-refractivity contribution in [3.63, 3.8) is 0 Å². The summed E-state index contributed by atoms with van der Waals surface area (Å²) in [6, 6.07) is 48.6. The molecule has 4 heteroatoms. The van der Waals surface area contributed by atoms with E-state index in [-0.39, 0.29) is 7.35 Å². The van der Waals surface area contributed by atoms with Crippen molar-refractivity contribution < 1.29 is 16.1 Å². The van der Waals surface area contributed by atoms with E-state index in [0.717, 1.165) is 25.7 Å². The van der Waals surface area contributed by atoms with E-state index in [0.29, 0.717) is 23.7 Å². The molecular formula is C58H63Cl2HfSi. The molecule has 1 heterocycles. The molecule has 9 rings (SSSR count).